The molecule has 0 aliphatic heterocycles. The van der Waals surface area contributed by atoms with Crippen LogP contribution in [0.5, 0.6) is 0 Å². The Morgan fingerprint density at radius 1 is 1.06 bits per heavy atom. The van der Waals surface area contributed by atoms with Gasteiger partial charge < -0.3 is 0 Å². The van der Waals surface area contributed by atoms with E-state index >= 15 is 0 Å². The van der Waals surface area contributed by atoms with Gasteiger partial charge in [0.2, 0.25) is 0 Å². The van der Waals surface area contributed by atoms with Gasteiger partial charge in [-0.2, -0.15) is 4.99 Å². The van der Waals surface area contributed by atoms with Gasteiger partial charge in [-0.15, -0.1) is 0 Å². The summed E-state index contributed by atoms with van der Waals surface area (Å²) in [6.07, 6.45) is 0. The van der Waals surface area contributed by atoms with Crippen molar-refractivity contribution in [1.29, 1.82) is 0 Å². The van der Waals surface area contributed by atoms with Crippen LogP contribution < -0.4 is 0 Å². The van der Waals surface area contributed by atoms with Crippen LogP contribution >= 0.6 is 0 Å². The van der Waals surface area contributed by atoms with Gasteiger partial charge in [0.25, 0.3) is 0 Å². The van der Waals surface area contributed by atoms with Crippen LogP contribution in [0.3, 0.4) is 0 Å². The van der Waals surface area contributed by atoms with Gasteiger partial charge in [-0.25, -0.2) is 4.99 Å². The molecule has 0 radical (unpaired) electrons. The van der Waals surface area contributed by atoms with Crippen LogP contribution in [0.1, 0.15) is 50.7 Å². The van der Waals surface area contributed by atoms with Gasteiger partial charge in [0.15, 0.2) is 0 Å². The predicted octanol–water partition coefficient (Wildman–Crippen LogP) is 4.37. The molecule has 1 rings (SSSR count). The van der Waals surface area contributed by atoms with E-state index in [1.54, 1.807) is 7.05 Å². The molecule has 0 heterocycles. The maximum Gasteiger partial charge on any atom is 0.0946 e. The number of rotatable bonds is 3. The standard InChI is InChI=1S/C14H20N2/c1-10(2)12-7-6-8-13(16-9-15-5)14(12)11(3)4/h6-8,10-11H,1-5H3. The van der Waals surface area contributed by atoms with Gasteiger partial charge in [-0.3, -0.25) is 0 Å². The summed E-state index contributed by atoms with van der Waals surface area (Å²) in [5.74, 6) is 0.988. The molecule has 2 heteroatoms. The van der Waals surface area contributed by atoms with Crippen molar-refractivity contribution in [2.45, 2.75) is 39.5 Å². The molecule has 0 unspecified atom stereocenters. The quantitative estimate of drug-likeness (QED) is 0.670. The van der Waals surface area contributed by atoms with E-state index in [4.69, 9.17) is 0 Å². The van der Waals surface area contributed by atoms with E-state index in [0.29, 0.717) is 11.8 Å². The first kappa shape index (κ1) is 12.7. The van der Waals surface area contributed by atoms with Crippen molar-refractivity contribution in [3.8, 4) is 0 Å². The highest BCUT2D eigenvalue weighted by Crippen LogP contribution is 2.33. The minimum atomic E-state index is 0.469. The van der Waals surface area contributed by atoms with Gasteiger partial charge in [-0.1, -0.05) is 39.8 Å². The van der Waals surface area contributed by atoms with Crippen molar-refractivity contribution >= 4 is 11.7 Å². The molecule has 0 aliphatic rings. The van der Waals surface area contributed by atoms with Crippen LogP contribution in [0.15, 0.2) is 28.2 Å². The zero-order valence-corrected chi connectivity index (χ0v) is 10.8. The summed E-state index contributed by atoms with van der Waals surface area (Å²) < 4.78 is 0. The summed E-state index contributed by atoms with van der Waals surface area (Å²) in [7, 11) is 1.69. The number of hydrogen-bond donors (Lipinski definition) is 0. The molecule has 0 saturated heterocycles. The Kier molecular flexibility index (Phi) is 4.45. The Morgan fingerprint density at radius 2 is 1.75 bits per heavy atom. The molecule has 0 spiro atoms. The molecule has 0 aliphatic carbocycles. The van der Waals surface area contributed by atoms with E-state index in [2.05, 4.69) is 55.8 Å². The van der Waals surface area contributed by atoms with Crippen LogP contribution in [0, 0.1) is 0 Å². The largest absolute Gasteiger partial charge is 0.229 e. The van der Waals surface area contributed by atoms with Crippen molar-refractivity contribution in [2.24, 2.45) is 9.98 Å². The van der Waals surface area contributed by atoms with E-state index in [1.807, 2.05) is 6.07 Å². The maximum absolute atomic E-state index is 4.27. The molecule has 0 fully saturated rings. The second kappa shape index (κ2) is 5.62. The molecule has 0 atom stereocenters. The normalized spacial score (nSPS) is 10.4. The van der Waals surface area contributed by atoms with Crippen LogP contribution in [0.2, 0.25) is 0 Å². The first-order valence-electron chi connectivity index (χ1n) is 5.75. The topological polar surface area (TPSA) is 24.7 Å². The van der Waals surface area contributed by atoms with Crippen LogP contribution in [-0.4, -0.2) is 13.1 Å². The minimum Gasteiger partial charge on any atom is -0.229 e. The molecule has 16 heavy (non-hydrogen) atoms. The zero-order valence-electron chi connectivity index (χ0n) is 10.8. The minimum absolute atomic E-state index is 0.469. The second-order valence-corrected chi connectivity index (χ2v) is 4.52. The fourth-order valence-corrected chi connectivity index (χ4v) is 1.90. The lowest BCUT2D eigenvalue weighted by Gasteiger charge is -2.17. The van der Waals surface area contributed by atoms with E-state index in [1.165, 1.54) is 11.1 Å². The highest BCUT2D eigenvalue weighted by atomic mass is 14.8. The average Bonchev–Trinajstić information content (AvgIpc) is 2.25. The molecule has 0 aromatic heterocycles. The number of hydrogen-bond acceptors (Lipinski definition) is 2. The van der Waals surface area contributed by atoms with Gasteiger partial charge in [-0.05, 0) is 29.0 Å². The lowest BCUT2D eigenvalue weighted by molar-refractivity contribution is 0.791. The Labute approximate surface area is 98.1 Å². The summed E-state index contributed by atoms with van der Waals surface area (Å²) in [6, 6.07) is 8.94. The van der Waals surface area contributed by atoms with Crippen molar-refractivity contribution in [3.63, 3.8) is 0 Å². The Hall–Kier alpha value is -1.40. The predicted molar refractivity (Wildman–Crippen MR) is 70.1 cm³/mol. The van der Waals surface area contributed by atoms with E-state index in [-0.39, 0.29) is 0 Å². The third kappa shape index (κ3) is 2.80. The number of benzene rings is 1. The van der Waals surface area contributed by atoms with Crippen LogP contribution in [0.25, 0.3) is 0 Å². The van der Waals surface area contributed by atoms with E-state index < -0.39 is 0 Å². The number of aliphatic imine (C=N–C) groups is 2. The third-order valence-corrected chi connectivity index (χ3v) is 2.59. The molecule has 86 valence electrons. The maximum atomic E-state index is 4.27. The molecule has 0 bridgehead atoms. The Morgan fingerprint density at radius 3 is 2.25 bits per heavy atom. The van der Waals surface area contributed by atoms with Crippen LogP contribution in [-0.2, 0) is 0 Å². The monoisotopic (exact) mass is 216 g/mol. The van der Waals surface area contributed by atoms with Gasteiger partial charge >= 0.3 is 0 Å². The second-order valence-electron chi connectivity index (χ2n) is 4.52. The smallest absolute Gasteiger partial charge is 0.0946 e. The lowest BCUT2D eigenvalue weighted by atomic mass is 9.89. The summed E-state index contributed by atoms with van der Waals surface area (Å²) >= 11 is 0. The highest BCUT2D eigenvalue weighted by Gasteiger charge is 2.13. The molecular weight excluding hydrogens is 196 g/mol. The average molecular weight is 216 g/mol. The highest BCUT2D eigenvalue weighted by molar-refractivity contribution is 5.59. The summed E-state index contributed by atoms with van der Waals surface area (Å²) in [4.78, 5) is 8.06. The SMILES string of the molecule is CN=C=Nc1cccc(C(C)C)c1C(C)C. The zero-order chi connectivity index (χ0) is 12.1. The van der Waals surface area contributed by atoms with E-state index in [0.717, 1.165) is 5.69 Å². The van der Waals surface area contributed by atoms with Crippen molar-refractivity contribution in [2.75, 3.05) is 7.05 Å². The first-order chi connectivity index (χ1) is 7.57. The van der Waals surface area contributed by atoms with Gasteiger partial charge in [0.1, 0.15) is 0 Å². The van der Waals surface area contributed by atoms with Crippen LogP contribution in [0.4, 0.5) is 5.69 Å². The Balaban J connectivity index is 3.38. The molecule has 0 N–H and O–H groups in total. The number of nitrogens with zero attached hydrogens (tertiary/aromatic N) is 2. The molecule has 0 saturated carbocycles. The van der Waals surface area contributed by atoms with Crippen molar-refractivity contribution in [1.82, 2.24) is 0 Å². The molecule has 0 amide bonds. The van der Waals surface area contributed by atoms with Crippen molar-refractivity contribution in [3.05, 3.63) is 29.3 Å². The molecular formula is C14H20N2. The van der Waals surface area contributed by atoms with Crippen molar-refractivity contribution < 1.29 is 0 Å². The summed E-state index contributed by atoms with van der Waals surface area (Å²) in [5.41, 5.74) is 3.68. The first-order valence-corrected chi connectivity index (χ1v) is 5.75. The van der Waals surface area contributed by atoms with Gasteiger partial charge in [0, 0.05) is 7.05 Å². The fourth-order valence-electron chi connectivity index (χ4n) is 1.90. The van der Waals surface area contributed by atoms with Gasteiger partial charge in [0.05, 0.1) is 11.7 Å². The molecule has 1 aromatic carbocycles. The summed E-state index contributed by atoms with van der Waals surface area (Å²) in [5, 5.41) is 0. The molecule has 1 aromatic rings. The van der Waals surface area contributed by atoms with E-state index in [9.17, 15) is 0 Å². The lowest BCUT2D eigenvalue weighted by Crippen LogP contribution is -1.98. The Bertz CT molecular complexity index is 411. The third-order valence-electron chi connectivity index (χ3n) is 2.59. The molecule has 2 nitrogen and oxygen atoms in total. The summed E-state index contributed by atoms with van der Waals surface area (Å²) in [6.45, 7) is 8.82. The fraction of sp³-hybridized carbons (Fsp3) is 0.500.